The van der Waals surface area contributed by atoms with E-state index in [-0.39, 0.29) is 115 Å². The molecule has 0 aromatic heterocycles. The van der Waals surface area contributed by atoms with Crippen molar-refractivity contribution in [3.8, 4) is 34.5 Å². The molecule has 0 unspecified atom stereocenters. The molecule has 4 N–H and O–H groups in total. The van der Waals surface area contributed by atoms with Gasteiger partial charge in [-0.3, -0.25) is 0 Å². The predicted molar refractivity (Wildman–Crippen MR) is 206 cm³/mol. The van der Waals surface area contributed by atoms with Crippen molar-refractivity contribution >= 4 is 96.1 Å². The second-order valence-corrected chi connectivity index (χ2v) is 18.0. The third-order valence-corrected chi connectivity index (χ3v) is 11.9. The smallest absolute Gasteiger partial charge is 0.744 e. The first-order valence-corrected chi connectivity index (χ1v) is 22.1. The monoisotopic (exact) mass is 974 g/mol. The molecular weight excluding hydrogens is 952 g/mol. The van der Waals surface area contributed by atoms with Gasteiger partial charge >= 0.3 is 75.4 Å². The van der Waals surface area contributed by atoms with Crippen molar-refractivity contribution in [2.45, 2.75) is 19.6 Å². The zero-order valence-corrected chi connectivity index (χ0v) is 38.4. The molecule has 0 bridgehead atoms. The summed E-state index contributed by atoms with van der Waals surface area (Å²) in [5, 5.41) is 72.2. The summed E-state index contributed by atoms with van der Waals surface area (Å²) < 4.78 is 152. The van der Waals surface area contributed by atoms with E-state index in [1.165, 1.54) is 6.07 Å². The van der Waals surface area contributed by atoms with Gasteiger partial charge in [0.15, 0.2) is 17.2 Å². The Labute approximate surface area is 426 Å². The van der Waals surface area contributed by atoms with E-state index in [9.17, 15) is 77.5 Å². The number of rotatable bonds is 12. The first-order chi connectivity index (χ1) is 29.2. The fourth-order valence-corrected chi connectivity index (χ4v) is 8.14. The Morgan fingerprint density at radius 1 is 0.507 bits per heavy atom. The zero-order chi connectivity index (χ0) is 46.6. The molecule has 6 aromatic carbocycles. The van der Waals surface area contributed by atoms with Gasteiger partial charge in [0.25, 0.3) is 0 Å². The maximum atomic E-state index is 13.1. The Morgan fingerprint density at radius 3 is 1.27 bits per heavy atom. The van der Waals surface area contributed by atoms with Crippen molar-refractivity contribution < 1.29 is 162 Å². The van der Waals surface area contributed by atoms with Crippen LogP contribution in [0.3, 0.4) is 0 Å². The minimum absolute atomic E-state index is 0. The number of benzene rings is 6. The van der Waals surface area contributed by atoms with Gasteiger partial charge in [-0.25, -0.2) is 33.7 Å². The standard InChI is InChI=1S/C34H26N6O19S4.4Li/c1-58-25-11-17(3-5-21(25)35-37-31-27(62(52,53)54)9-15-7-19(60(46,47)48)13-23(41)29(15)33(31)43)39-40(45)18-4-6-22(26(12-18)59-2)36-38-32-28(63(55,56)57)10-16-8-20(61(49,50)51)14-24(42)30(16)34(32)44;;;;/h3-14,41-44H,1-2H3,(H,46,47,48)(H,49,50,51)(H,52,53,54)(H,55,56,57);;;;/q;4*+1/p-4. The number of fused-ring (bicyclic) bond motifs is 2. The predicted octanol–water partition coefficient (Wildman–Crippen LogP) is -6.78. The molecule has 25 nitrogen and oxygen atoms in total. The van der Waals surface area contributed by atoms with Crippen LogP contribution < -0.4 is 84.9 Å². The van der Waals surface area contributed by atoms with Gasteiger partial charge in [0, 0.05) is 17.2 Å². The number of phenolic OH excluding ortho intramolecular Hbond substituents is 4. The Hall–Kier alpha value is -4.73. The van der Waals surface area contributed by atoms with Crippen LogP contribution in [0.2, 0.25) is 0 Å². The molecule has 6 aromatic rings. The quantitative estimate of drug-likeness (QED) is 0.0291. The number of ether oxygens (including phenoxy) is 2. The summed E-state index contributed by atoms with van der Waals surface area (Å²) in [6, 6.07) is 10.2. The molecule has 330 valence electrons. The van der Waals surface area contributed by atoms with Gasteiger partial charge in [-0.15, -0.1) is 20.5 Å². The molecule has 0 radical (unpaired) electrons. The maximum absolute atomic E-state index is 13.1. The second kappa shape index (κ2) is 21.7. The number of azo groups is 3. The fraction of sp³-hybridized carbons (Fsp3) is 0.0588. The van der Waals surface area contributed by atoms with Crippen molar-refractivity contribution in [3.63, 3.8) is 0 Å². The molecule has 0 aliphatic heterocycles. The molecule has 6 rings (SSSR count). The van der Waals surface area contributed by atoms with E-state index in [1.807, 2.05) is 0 Å². The van der Waals surface area contributed by atoms with E-state index in [0.29, 0.717) is 36.4 Å². The van der Waals surface area contributed by atoms with Crippen LogP contribution in [0, 0.1) is 5.21 Å². The molecular formula is C34H22Li4N6O19S4. The van der Waals surface area contributed by atoms with Crippen LogP contribution in [0.25, 0.3) is 21.5 Å². The van der Waals surface area contributed by atoms with Gasteiger partial charge in [-0.05, 0) is 70.2 Å². The molecule has 0 fully saturated rings. The minimum Gasteiger partial charge on any atom is -0.744 e. The van der Waals surface area contributed by atoms with Crippen LogP contribution in [0.15, 0.2) is 118 Å². The average molecular weight is 975 g/mol. The number of aromatic hydroxyl groups is 4. The van der Waals surface area contributed by atoms with Crippen LogP contribution in [0.1, 0.15) is 0 Å². The minimum atomic E-state index is -5.48. The van der Waals surface area contributed by atoms with Crippen molar-refractivity contribution in [1.82, 2.24) is 0 Å². The van der Waals surface area contributed by atoms with Crippen LogP contribution in [0.5, 0.6) is 34.5 Å². The summed E-state index contributed by atoms with van der Waals surface area (Å²) in [4.78, 5) is -4.34. The number of phenols is 4. The van der Waals surface area contributed by atoms with E-state index >= 15 is 0 Å². The molecule has 0 saturated heterocycles. The Balaban J connectivity index is 0.00000385. The van der Waals surface area contributed by atoms with Crippen molar-refractivity contribution in [2.75, 3.05) is 14.2 Å². The summed E-state index contributed by atoms with van der Waals surface area (Å²) in [5.41, 5.74) is -2.72. The SMILES string of the molecule is COc1cc(N=[N+]([O-])c2ccc(N=Nc3c(S(=O)(=O)[O-])cc4cc(S(=O)(=O)[O-])cc(O)c4c3O)c(OC)c2)ccc1N=Nc1c(S(=O)(=O)[O-])cc2cc(S(=O)(=O)[O-])cc(O)c2c1O.[Li+].[Li+].[Li+].[Li+]. The average Bonchev–Trinajstić information content (AvgIpc) is 3.18. The van der Waals surface area contributed by atoms with E-state index < -0.39 is 116 Å². The van der Waals surface area contributed by atoms with Crippen molar-refractivity contribution in [1.29, 1.82) is 0 Å². The first-order valence-electron chi connectivity index (χ1n) is 16.5. The number of nitrogens with zero attached hydrogens (tertiary/aromatic N) is 6. The van der Waals surface area contributed by atoms with Crippen LogP contribution in [-0.2, 0) is 40.5 Å². The van der Waals surface area contributed by atoms with E-state index in [1.54, 1.807) is 0 Å². The molecule has 0 aliphatic carbocycles. The topological polar surface area (TPSA) is 416 Å². The Bertz CT molecular complexity index is 3510. The van der Waals surface area contributed by atoms with E-state index in [0.717, 1.165) is 44.6 Å². The van der Waals surface area contributed by atoms with Crippen LogP contribution in [-0.4, -0.2) is 91.4 Å². The molecule has 0 heterocycles. The third kappa shape index (κ3) is 12.5. The molecule has 67 heavy (non-hydrogen) atoms. The van der Waals surface area contributed by atoms with E-state index in [2.05, 4.69) is 25.6 Å². The molecule has 0 atom stereocenters. The van der Waals surface area contributed by atoms with Crippen molar-refractivity contribution in [3.05, 3.63) is 78.0 Å². The maximum Gasteiger partial charge on any atom is 1.00 e. The van der Waals surface area contributed by atoms with Gasteiger partial charge in [0.1, 0.15) is 86.2 Å². The summed E-state index contributed by atoms with van der Waals surface area (Å²) in [7, 11) is -19.0. The Kier molecular flexibility index (Phi) is 18.9. The van der Waals surface area contributed by atoms with Crippen molar-refractivity contribution in [2.24, 2.45) is 25.6 Å². The largest absolute Gasteiger partial charge is 1.00 e. The second-order valence-electron chi connectivity index (χ2n) is 12.5. The molecule has 0 aliphatic rings. The summed E-state index contributed by atoms with van der Waals surface area (Å²) in [5.74, 6) is -4.60. The number of methoxy groups -OCH3 is 2. The van der Waals surface area contributed by atoms with Gasteiger partial charge in [0.05, 0.1) is 50.6 Å². The molecule has 0 amide bonds. The zero-order valence-electron chi connectivity index (χ0n) is 35.2. The normalized spacial score (nSPS) is 12.3. The summed E-state index contributed by atoms with van der Waals surface area (Å²) in [6.45, 7) is 0. The van der Waals surface area contributed by atoms with Gasteiger partial charge in [-0.2, -0.15) is 0 Å². The van der Waals surface area contributed by atoms with Crippen LogP contribution in [0.4, 0.5) is 34.1 Å². The van der Waals surface area contributed by atoms with E-state index in [4.69, 9.17) is 9.47 Å². The summed E-state index contributed by atoms with van der Waals surface area (Å²) in [6.07, 6.45) is 0. The fourth-order valence-electron chi connectivity index (χ4n) is 5.79. The third-order valence-electron chi connectivity index (χ3n) is 8.59. The number of hydrogen-bond acceptors (Lipinski definition) is 24. The Morgan fingerprint density at radius 2 is 0.896 bits per heavy atom. The summed E-state index contributed by atoms with van der Waals surface area (Å²) >= 11 is 0. The number of hydrogen-bond donors (Lipinski definition) is 4. The van der Waals surface area contributed by atoms with Crippen LogP contribution >= 0.6 is 0 Å². The molecule has 33 heteroatoms. The van der Waals surface area contributed by atoms with Gasteiger partial charge in [-0.1, -0.05) is 0 Å². The van der Waals surface area contributed by atoms with Gasteiger partial charge < -0.3 is 53.3 Å². The first kappa shape index (κ1) is 58.4. The molecule has 0 saturated carbocycles. The van der Waals surface area contributed by atoms with Gasteiger partial charge in [0.2, 0.25) is 5.69 Å². The molecule has 0 spiro atoms.